The number of aliphatic hydroxyl groups is 1. The van der Waals surface area contributed by atoms with E-state index in [0.29, 0.717) is 0 Å². The van der Waals surface area contributed by atoms with Crippen molar-refractivity contribution in [2.24, 2.45) is 11.7 Å². The molecule has 66 valence electrons. The third-order valence-electron chi connectivity index (χ3n) is 2.01. The molecule has 0 aromatic carbocycles. The van der Waals surface area contributed by atoms with Crippen LogP contribution < -0.4 is 5.73 Å². The molecule has 0 spiro atoms. The highest BCUT2D eigenvalue weighted by molar-refractivity contribution is 4.87. The lowest BCUT2D eigenvalue weighted by Crippen LogP contribution is -2.39. The molecule has 0 saturated heterocycles. The molecule has 0 aliphatic heterocycles. The van der Waals surface area contributed by atoms with E-state index in [2.05, 4.69) is 6.58 Å². The maximum Gasteiger partial charge on any atom is 0.0696 e. The first-order chi connectivity index (χ1) is 5.13. The molecule has 3 N–H and O–H groups in total. The first-order valence-corrected chi connectivity index (χ1v) is 4.19. The van der Waals surface area contributed by atoms with E-state index < -0.39 is 0 Å². The van der Waals surface area contributed by atoms with Crippen LogP contribution >= 0.6 is 0 Å². The summed E-state index contributed by atoms with van der Waals surface area (Å²) in [7, 11) is 0. The minimum atomic E-state index is -0.381. The van der Waals surface area contributed by atoms with E-state index in [1.165, 1.54) is 0 Å². The highest BCUT2D eigenvalue weighted by Gasteiger charge is 2.17. The van der Waals surface area contributed by atoms with Gasteiger partial charge in [0.25, 0.3) is 0 Å². The summed E-state index contributed by atoms with van der Waals surface area (Å²) in [4.78, 5) is 0. The summed E-state index contributed by atoms with van der Waals surface area (Å²) >= 11 is 0. The Morgan fingerprint density at radius 2 is 2.18 bits per heavy atom. The summed E-state index contributed by atoms with van der Waals surface area (Å²) in [6.07, 6.45) is 3.15. The number of nitrogens with two attached hydrogens (primary N) is 1. The number of aliphatic hydroxyl groups excluding tert-OH is 1. The molecule has 0 amide bonds. The normalized spacial score (nSPS) is 18.9. The molecule has 2 heteroatoms. The zero-order valence-electron chi connectivity index (χ0n) is 7.46. The van der Waals surface area contributed by atoms with Gasteiger partial charge in [-0.15, -0.1) is 6.58 Å². The Balaban J connectivity index is 3.79. The van der Waals surface area contributed by atoms with E-state index in [1.807, 2.05) is 13.8 Å². The minimum absolute atomic E-state index is 0.160. The lowest BCUT2D eigenvalue weighted by molar-refractivity contribution is 0.120. The van der Waals surface area contributed by atoms with Crippen LogP contribution in [0.5, 0.6) is 0 Å². The Hall–Kier alpha value is -0.340. The number of hydrogen-bond donors (Lipinski definition) is 2. The Morgan fingerprint density at radius 1 is 1.64 bits per heavy atom. The van der Waals surface area contributed by atoms with Crippen LogP contribution in [0.25, 0.3) is 0 Å². The van der Waals surface area contributed by atoms with Crippen LogP contribution in [0.15, 0.2) is 12.7 Å². The van der Waals surface area contributed by atoms with Crippen LogP contribution in [0.3, 0.4) is 0 Å². The lowest BCUT2D eigenvalue weighted by atomic mass is 9.95. The molecule has 0 rings (SSSR count). The zero-order chi connectivity index (χ0) is 8.85. The summed E-state index contributed by atoms with van der Waals surface area (Å²) < 4.78 is 0. The van der Waals surface area contributed by atoms with E-state index in [1.54, 1.807) is 6.08 Å². The van der Waals surface area contributed by atoms with Crippen molar-refractivity contribution >= 4 is 0 Å². The third kappa shape index (κ3) is 3.54. The molecule has 3 atom stereocenters. The van der Waals surface area contributed by atoms with Crippen LogP contribution in [0.2, 0.25) is 0 Å². The molecule has 0 unspecified atom stereocenters. The predicted octanol–water partition coefficient (Wildman–Crippen LogP) is 1.30. The molecule has 2 nitrogen and oxygen atoms in total. The van der Waals surface area contributed by atoms with Gasteiger partial charge in [0.05, 0.1) is 6.10 Å². The number of hydrogen-bond acceptors (Lipinski definition) is 2. The van der Waals surface area contributed by atoms with Crippen molar-refractivity contribution < 1.29 is 5.11 Å². The quantitative estimate of drug-likeness (QED) is 0.591. The van der Waals surface area contributed by atoms with Gasteiger partial charge in [-0.3, -0.25) is 0 Å². The molecular formula is C9H19NO. The minimum Gasteiger partial charge on any atom is -0.391 e. The average molecular weight is 157 g/mol. The van der Waals surface area contributed by atoms with Gasteiger partial charge in [-0.2, -0.15) is 0 Å². The van der Waals surface area contributed by atoms with Gasteiger partial charge < -0.3 is 10.8 Å². The van der Waals surface area contributed by atoms with Crippen molar-refractivity contribution in [2.75, 3.05) is 0 Å². The summed E-state index contributed by atoms with van der Waals surface area (Å²) in [5, 5.41) is 9.45. The maximum atomic E-state index is 9.45. The fourth-order valence-corrected chi connectivity index (χ4v) is 0.996. The van der Waals surface area contributed by atoms with Crippen molar-refractivity contribution in [1.29, 1.82) is 0 Å². The van der Waals surface area contributed by atoms with Crippen molar-refractivity contribution in [3.63, 3.8) is 0 Å². The van der Waals surface area contributed by atoms with Crippen molar-refractivity contribution in [2.45, 2.75) is 38.8 Å². The predicted molar refractivity (Wildman–Crippen MR) is 48.3 cm³/mol. The Labute approximate surface area is 69.1 Å². The first-order valence-electron chi connectivity index (χ1n) is 4.19. The van der Waals surface area contributed by atoms with Gasteiger partial charge >= 0.3 is 0 Å². The van der Waals surface area contributed by atoms with E-state index in [0.717, 1.165) is 12.8 Å². The highest BCUT2D eigenvalue weighted by atomic mass is 16.3. The molecule has 0 fully saturated rings. The molecule has 0 aromatic heterocycles. The summed E-state index contributed by atoms with van der Waals surface area (Å²) in [5.41, 5.74) is 5.74. The van der Waals surface area contributed by atoms with Gasteiger partial charge in [-0.1, -0.05) is 26.3 Å². The second-order valence-electron chi connectivity index (χ2n) is 3.03. The van der Waals surface area contributed by atoms with Crippen molar-refractivity contribution in [3.05, 3.63) is 12.7 Å². The van der Waals surface area contributed by atoms with E-state index in [-0.39, 0.29) is 18.1 Å². The van der Waals surface area contributed by atoms with Gasteiger partial charge in [-0.25, -0.2) is 0 Å². The lowest BCUT2D eigenvalue weighted by Gasteiger charge is -2.21. The molecule has 0 bridgehead atoms. The fraction of sp³-hybridized carbons (Fsp3) is 0.778. The highest BCUT2D eigenvalue weighted by Crippen LogP contribution is 2.09. The molecule has 11 heavy (non-hydrogen) atoms. The molecular weight excluding hydrogens is 138 g/mol. The van der Waals surface area contributed by atoms with E-state index in [9.17, 15) is 5.11 Å². The van der Waals surface area contributed by atoms with Gasteiger partial charge in [-0.05, 0) is 12.3 Å². The smallest absolute Gasteiger partial charge is 0.0696 e. The van der Waals surface area contributed by atoms with Crippen LogP contribution in [0.4, 0.5) is 0 Å². The summed E-state index contributed by atoms with van der Waals surface area (Å²) in [5.74, 6) is 0.191. The summed E-state index contributed by atoms with van der Waals surface area (Å²) in [6, 6.07) is -0.160. The Morgan fingerprint density at radius 3 is 2.55 bits per heavy atom. The molecule has 0 aliphatic carbocycles. The SMILES string of the molecule is C=C[C@H](C)[C@H](N)[C@H](O)CCC. The fourth-order valence-electron chi connectivity index (χ4n) is 0.996. The largest absolute Gasteiger partial charge is 0.391 e. The standard InChI is InChI=1S/C9H19NO/c1-4-6-8(11)9(10)7(3)5-2/h5,7-9,11H,2,4,6,10H2,1,3H3/t7-,8+,9-/m0/s1. The van der Waals surface area contributed by atoms with Crippen LogP contribution in [0.1, 0.15) is 26.7 Å². The topological polar surface area (TPSA) is 46.2 Å². The van der Waals surface area contributed by atoms with Gasteiger partial charge in [0.1, 0.15) is 0 Å². The molecule has 0 aliphatic rings. The van der Waals surface area contributed by atoms with E-state index >= 15 is 0 Å². The van der Waals surface area contributed by atoms with Gasteiger partial charge in [0.2, 0.25) is 0 Å². The molecule has 0 saturated carbocycles. The second kappa shape index (κ2) is 5.33. The Bertz CT molecular complexity index is 114. The zero-order valence-corrected chi connectivity index (χ0v) is 7.46. The van der Waals surface area contributed by atoms with Crippen LogP contribution in [0, 0.1) is 5.92 Å². The van der Waals surface area contributed by atoms with Crippen LogP contribution in [-0.2, 0) is 0 Å². The van der Waals surface area contributed by atoms with Gasteiger partial charge in [0.15, 0.2) is 0 Å². The molecule has 0 aromatic rings. The monoisotopic (exact) mass is 157 g/mol. The van der Waals surface area contributed by atoms with Crippen molar-refractivity contribution in [3.8, 4) is 0 Å². The van der Waals surface area contributed by atoms with Gasteiger partial charge in [0, 0.05) is 6.04 Å². The summed E-state index contributed by atoms with van der Waals surface area (Å²) in [6.45, 7) is 7.64. The second-order valence-corrected chi connectivity index (χ2v) is 3.03. The first kappa shape index (κ1) is 10.7. The van der Waals surface area contributed by atoms with Crippen LogP contribution in [-0.4, -0.2) is 17.3 Å². The number of rotatable bonds is 5. The van der Waals surface area contributed by atoms with Crippen molar-refractivity contribution in [1.82, 2.24) is 0 Å². The Kier molecular flexibility index (Phi) is 5.16. The maximum absolute atomic E-state index is 9.45. The van der Waals surface area contributed by atoms with E-state index in [4.69, 9.17) is 5.73 Å². The third-order valence-corrected chi connectivity index (χ3v) is 2.01. The molecule has 0 heterocycles. The average Bonchev–Trinajstić information content (AvgIpc) is 2.02. The molecule has 0 radical (unpaired) electrons.